The van der Waals surface area contributed by atoms with E-state index in [1.807, 2.05) is 6.07 Å². The Hall–Kier alpha value is -2.96. The van der Waals surface area contributed by atoms with Crippen molar-refractivity contribution in [1.82, 2.24) is 19.7 Å². The molecule has 1 aromatic carbocycles. The van der Waals surface area contributed by atoms with Gasteiger partial charge in [-0.05, 0) is 5.56 Å². The molecule has 3 rings (SSSR count). The van der Waals surface area contributed by atoms with E-state index < -0.39 is 12.0 Å². The van der Waals surface area contributed by atoms with Crippen LogP contribution in [-0.4, -0.2) is 30.8 Å². The third-order valence-electron chi connectivity index (χ3n) is 3.19. The van der Waals surface area contributed by atoms with Gasteiger partial charge in [-0.3, -0.25) is 4.68 Å². The van der Waals surface area contributed by atoms with Crippen molar-refractivity contribution >= 4 is 22.8 Å². The number of nitrogens with one attached hydrogen (secondary N) is 1. The standard InChI is InChI=1S/C14H13N5O2/c1-19-13-10(7-17-19)12(15-8-16-13)18-11(14(20)21)9-5-3-2-4-6-9/h2-8,11H,1H3,(H,20,21)(H,15,16,18). The lowest BCUT2D eigenvalue weighted by molar-refractivity contribution is -0.138. The Labute approximate surface area is 120 Å². The highest BCUT2D eigenvalue weighted by atomic mass is 16.4. The predicted molar refractivity (Wildman–Crippen MR) is 76.7 cm³/mol. The Morgan fingerprint density at radius 2 is 2.05 bits per heavy atom. The molecule has 0 saturated carbocycles. The van der Waals surface area contributed by atoms with Crippen LogP contribution < -0.4 is 5.32 Å². The molecule has 0 aliphatic heterocycles. The number of carboxylic acids is 1. The molecule has 21 heavy (non-hydrogen) atoms. The van der Waals surface area contributed by atoms with Gasteiger partial charge >= 0.3 is 5.97 Å². The van der Waals surface area contributed by atoms with Gasteiger partial charge in [0.05, 0.1) is 11.6 Å². The molecule has 0 amide bonds. The third-order valence-corrected chi connectivity index (χ3v) is 3.19. The largest absolute Gasteiger partial charge is 0.479 e. The van der Waals surface area contributed by atoms with E-state index in [0.717, 1.165) is 0 Å². The number of carbonyl (C=O) groups is 1. The summed E-state index contributed by atoms with van der Waals surface area (Å²) in [5.41, 5.74) is 1.30. The maximum absolute atomic E-state index is 11.5. The topological polar surface area (TPSA) is 92.9 Å². The molecule has 2 aromatic heterocycles. The molecule has 3 aromatic rings. The number of benzene rings is 1. The van der Waals surface area contributed by atoms with Gasteiger partial charge in [-0.1, -0.05) is 30.3 Å². The molecule has 2 N–H and O–H groups in total. The van der Waals surface area contributed by atoms with Gasteiger partial charge in [-0.15, -0.1) is 0 Å². The Morgan fingerprint density at radius 3 is 2.76 bits per heavy atom. The fourth-order valence-corrected chi connectivity index (χ4v) is 2.15. The van der Waals surface area contributed by atoms with Crippen LogP contribution in [0.15, 0.2) is 42.9 Å². The summed E-state index contributed by atoms with van der Waals surface area (Å²) in [7, 11) is 1.77. The average molecular weight is 283 g/mol. The number of carboxylic acid groups (broad SMARTS) is 1. The van der Waals surface area contributed by atoms with Gasteiger partial charge in [0.1, 0.15) is 12.1 Å². The second-order valence-electron chi connectivity index (χ2n) is 4.55. The van der Waals surface area contributed by atoms with Gasteiger partial charge in [0, 0.05) is 7.05 Å². The van der Waals surface area contributed by atoms with Gasteiger partial charge in [-0.2, -0.15) is 5.10 Å². The van der Waals surface area contributed by atoms with Crippen LogP contribution in [0.25, 0.3) is 11.0 Å². The lowest BCUT2D eigenvalue weighted by Crippen LogP contribution is -2.21. The van der Waals surface area contributed by atoms with E-state index in [1.165, 1.54) is 6.33 Å². The third kappa shape index (κ3) is 2.40. The number of aryl methyl sites for hydroxylation is 1. The number of anilines is 1. The highest BCUT2D eigenvalue weighted by molar-refractivity contribution is 5.89. The summed E-state index contributed by atoms with van der Waals surface area (Å²) in [6, 6.07) is 8.07. The van der Waals surface area contributed by atoms with Crippen molar-refractivity contribution in [2.45, 2.75) is 6.04 Å². The number of hydrogen-bond donors (Lipinski definition) is 2. The molecule has 7 heteroatoms. The molecule has 0 aliphatic rings. The van der Waals surface area contributed by atoms with E-state index >= 15 is 0 Å². The van der Waals surface area contributed by atoms with Crippen LogP contribution in [-0.2, 0) is 11.8 Å². The molecule has 2 heterocycles. The number of aromatic nitrogens is 4. The van der Waals surface area contributed by atoms with Crippen molar-refractivity contribution in [3.8, 4) is 0 Å². The van der Waals surface area contributed by atoms with Gasteiger partial charge < -0.3 is 10.4 Å². The maximum Gasteiger partial charge on any atom is 0.330 e. The summed E-state index contributed by atoms with van der Waals surface area (Å²) in [6.07, 6.45) is 3.00. The first kappa shape index (κ1) is 13.0. The Balaban J connectivity index is 2.01. The van der Waals surface area contributed by atoms with E-state index in [-0.39, 0.29) is 0 Å². The zero-order valence-corrected chi connectivity index (χ0v) is 11.3. The normalized spacial score (nSPS) is 12.2. The number of nitrogens with zero attached hydrogens (tertiary/aromatic N) is 4. The Bertz CT molecular complexity index is 784. The van der Waals surface area contributed by atoms with Crippen molar-refractivity contribution in [2.75, 3.05) is 5.32 Å². The SMILES string of the molecule is Cn1ncc2c(NC(C(=O)O)c3ccccc3)ncnc21. The Morgan fingerprint density at radius 1 is 1.29 bits per heavy atom. The number of hydrogen-bond acceptors (Lipinski definition) is 5. The first-order valence-electron chi connectivity index (χ1n) is 6.34. The van der Waals surface area contributed by atoms with Crippen molar-refractivity contribution < 1.29 is 9.90 Å². The van der Waals surface area contributed by atoms with Crippen molar-refractivity contribution in [1.29, 1.82) is 0 Å². The zero-order valence-electron chi connectivity index (χ0n) is 11.3. The quantitative estimate of drug-likeness (QED) is 0.755. The molecule has 1 atom stereocenters. The smallest absolute Gasteiger partial charge is 0.330 e. The summed E-state index contributed by atoms with van der Waals surface area (Å²) >= 11 is 0. The zero-order chi connectivity index (χ0) is 14.8. The van der Waals surface area contributed by atoms with Crippen LogP contribution in [0.5, 0.6) is 0 Å². The highest BCUT2D eigenvalue weighted by Gasteiger charge is 2.21. The van der Waals surface area contributed by atoms with E-state index in [2.05, 4.69) is 20.4 Å². The van der Waals surface area contributed by atoms with E-state index in [9.17, 15) is 9.90 Å². The molecule has 0 radical (unpaired) electrons. The highest BCUT2D eigenvalue weighted by Crippen LogP contribution is 2.23. The molecule has 0 fully saturated rings. The molecule has 7 nitrogen and oxygen atoms in total. The van der Waals surface area contributed by atoms with Gasteiger partial charge in [0.2, 0.25) is 0 Å². The predicted octanol–water partition coefficient (Wildman–Crippen LogP) is 1.60. The summed E-state index contributed by atoms with van der Waals surface area (Å²) < 4.78 is 1.61. The maximum atomic E-state index is 11.5. The van der Waals surface area contributed by atoms with Gasteiger partial charge in [-0.25, -0.2) is 14.8 Å². The Kier molecular flexibility index (Phi) is 3.23. The average Bonchev–Trinajstić information content (AvgIpc) is 2.88. The van der Waals surface area contributed by atoms with Crippen LogP contribution >= 0.6 is 0 Å². The van der Waals surface area contributed by atoms with E-state index in [0.29, 0.717) is 22.4 Å². The minimum atomic E-state index is -0.975. The van der Waals surface area contributed by atoms with Crippen LogP contribution in [0.2, 0.25) is 0 Å². The molecule has 0 saturated heterocycles. The monoisotopic (exact) mass is 283 g/mol. The van der Waals surface area contributed by atoms with Crippen molar-refractivity contribution in [2.24, 2.45) is 7.05 Å². The molecule has 1 unspecified atom stereocenters. The number of rotatable bonds is 4. The van der Waals surface area contributed by atoms with Crippen LogP contribution in [0.4, 0.5) is 5.82 Å². The van der Waals surface area contributed by atoms with Crippen molar-refractivity contribution in [3.63, 3.8) is 0 Å². The first-order valence-corrected chi connectivity index (χ1v) is 6.34. The van der Waals surface area contributed by atoms with Gasteiger partial charge in [0.15, 0.2) is 11.7 Å². The molecular weight excluding hydrogens is 270 g/mol. The fraction of sp³-hybridized carbons (Fsp3) is 0.143. The lowest BCUT2D eigenvalue weighted by atomic mass is 10.1. The number of fused-ring (bicyclic) bond motifs is 1. The summed E-state index contributed by atoms with van der Waals surface area (Å²) in [6.45, 7) is 0. The lowest BCUT2D eigenvalue weighted by Gasteiger charge is -2.15. The molecule has 106 valence electrons. The second-order valence-corrected chi connectivity index (χ2v) is 4.55. The molecule has 0 spiro atoms. The first-order chi connectivity index (χ1) is 10.2. The van der Waals surface area contributed by atoms with Crippen molar-refractivity contribution in [3.05, 3.63) is 48.4 Å². The fourth-order valence-electron chi connectivity index (χ4n) is 2.15. The van der Waals surface area contributed by atoms with Crippen LogP contribution in [0, 0.1) is 0 Å². The summed E-state index contributed by atoms with van der Waals surface area (Å²) in [5, 5.41) is 17.2. The second kappa shape index (κ2) is 5.20. The number of aliphatic carboxylic acids is 1. The minimum Gasteiger partial charge on any atom is -0.479 e. The molecule has 0 aliphatic carbocycles. The van der Waals surface area contributed by atoms with Crippen LogP contribution in [0.3, 0.4) is 0 Å². The molecular formula is C14H13N5O2. The van der Waals surface area contributed by atoms with Gasteiger partial charge in [0.25, 0.3) is 0 Å². The minimum absolute atomic E-state index is 0.448. The summed E-state index contributed by atoms with van der Waals surface area (Å²) in [5.74, 6) is -0.527. The van der Waals surface area contributed by atoms with E-state index in [4.69, 9.17) is 0 Å². The summed E-state index contributed by atoms with van der Waals surface area (Å²) in [4.78, 5) is 19.8. The molecule has 0 bridgehead atoms. The van der Waals surface area contributed by atoms with E-state index in [1.54, 1.807) is 42.2 Å². The van der Waals surface area contributed by atoms with Crippen LogP contribution in [0.1, 0.15) is 11.6 Å².